The average molecular weight is 1040 g/mol. The molecule has 62 heavy (non-hydrogen) atoms. The summed E-state index contributed by atoms with van der Waals surface area (Å²) in [6.07, 6.45) is 0. The van der Waals surface area contributed by atoms with Crippen molar-refractivity contribution >= 4 is 55.9 Å². The van der Waals surface area contributed by atoms with Gasteiger partial charge in [0.15, 0.2) is 14.3 Å². The van der Waals surface area contributed by atoms with E-state index in [9.17, 15) is 8.42 Å². The van der Waals surface area contributed by atoms with Gasteiger partial charge in [-0.1, -0.05) is 146 Å². The van der Waals surface area contributed by atoms with Crippen LogP contribution in [0.3, 0.4) is 0 Å². The summed E-state index contributed by atoms with van der Waals surface area (Å²) >= 11 is 0. The van der Waals surface area contributed by atoms with Crippen LogP contribution in [-0.4, -0.2) is 60.3 Å². The van der Waals surface area contributed by atoms with Gasteiger partial charge < -0.3 is 70.4 Å². The van der Waals surface area contributed by atoms with E-state index in [4.69, 9.17) is 61.3 Å². The molecule has 324 valence electrons. The van der Waals surface area contributed by atoms with E-state index in [1.54, 1.807) is 84.9 Å². The van der Waals surface area contributed by atoms with Crippen LogP contribution in [-0.2, 0) is 19.0 Å². The van der Waals surface area contributed by atoms with Gasteiger partial charge >= 0.3 is 41.3 Å². The molecule has 6 aromatic carbocycles. The Bertz CT molecular complexity index is 2260. The van der Waals surface area contributed by atoms with Crippen molar-refractivity contribution in [1.82, 2.24) is 0 Å². The summed E-state index contributed by atoms with van der Waals surface area (Å²) in [5.41, 5.74) is 0.934. The van der Waals surface area contributed by atoms with Crippen molar-refractivity contribution in [2.24, 2.45) is 0 Å². The van der Waals surface area contributed by atoms with Gasteiger partial charge in [0.25, 0.3) is 0 Å². The molecule has 1 aliphatic heterocycles. The molecule has 0 atom stereocenters. The van der Waals surface area contributed by atoms with E-state index in [2.05, 4.69) is 0 Å². The third-order valence-corrected chi connectivity index (χ3v) is 16.4. The normalized spacial score (nSPS) is 10.9. The molecule has 0 radical (unpaired) electrons. The van der Waals surface area contributed by atoms with Crippen molar-refractivity contribution in [2.45, 2.75) is 9.79 Å². The van der Waals surface area contributed by atoms with Crippen LogP contribution < -0.4 is 31.8 Å². The van der Waals surface area contributed by atoms with Crippen LogP contribution in [0.4, 0.5) is 0 Å². The second-order valence-corrected chi connectivity index (χ2v) is 18.3. The zero-order valence-electron chi connectivity index (χ0n) is 32.9. The van der Waals surface area contributed by atoms with Crippen LogP contribution >= 0.6 is 14.3 Å². The van der Waals surface area contributed by atoms with Crippen LogP contribution in [0, 0.1) is 87.3 Å². The van der Waals surface area contributed by atoms with Gasteiger partial charge in [0.2, 0.25) is 9.84 Å². The van der Waals surface area contributed by atoms with Gasteiger partial charge in [-0.25, -0.2) is 8.42 Å². The number of nitrogens with zero attached hydrogens (tertiary/aromatic N) is 3. The Morgan fingerprint density at radius 2 is 0.581 bits per heavy atom. The van der Waals surface area contributed by atoms with Crippen molar-refractivity contribution in [3.8, 4) is 11.1 Å². The van der Waals surface area contributed by atoms with Crippen molar-refractivity contribution < 1.29 is 89.4 Å². The Kier molecular flexibility index (Phi) is 25.1. The Hall–Kier alpha value is -5.43. The van der Waals surface area contributed by atoms with Gasteiger partial charge in [0.05, 0.1) is 25.1 Å². The van der Waals surface area contributed by atoms with Crippen molar-refractivity contribution in [3.05, 3.63) is 204 Å². The quantitative estimate of drug-likeness (QED) is 0.121. The second kappa shape index (κ2) is 27.5. The molecule has 0 fully saturated rings. The fourth-order valence-electron chi connectivity index (χ4n) is 6.04. The maximum absolute atomic E-state index is 15.4. The van der Waals surface area contributed by atoms with E-state index >= 15 is 9.13 Å². The van der Waals surface area contributed by atoms with Crippen molar-refractivity contribution in [1.29, 1.82) is 0 Å². The van der Waals surface area contributed by atoms with Gasteiger partial charge in [0, 0.05) is 64.3 Å². The summed E-state index contributed by atoms with van der Waals surface area (Å²) in [5.74, 6) is 0. The van der Waals surface area contributed by atoms with Crippen molar-refractivity contribution in [3.63, 3.8) is 0 Å². The van der Waals surface area contributed by atoms with Crippen molar-refractivity contribution in [2.75, 3.05) is 21.3 Å². The Labute approximate surface area is 388 Å². The standard InChI is InChI=1S/C36H26O4P2S.3CH4O.3NO3.Pr/c37-41(27-15-5-1-6-16-27,28-17-7-2-8-18-28)33-25-13-23-31-32-24-14-26-34(36(32)43(39,40)35(31)33)42(38,29-19-9-3-10-20-29)30-21-11-4-12-22-30;3*1-2;3*2-1(3)4;/h1-26H;3*2H,1H3;;;;/q;;;;3*-1;+3. The molecule has 23 heteroatoms. The monoisotopic (exact) mass is 1040 g/mol. The van der Waals surface area contributed by atoms with E-state index in [0.717, 1.165) is 21.3 Å². The van der Waals surface area contributed by atoms with Gasteiger partial charge in [0.1, 0.15) is 0 Å². The number of hydrogen-bond acceptors (Lipinski definition) is 16. The summed E-state index contributed by atoms with van der Waals surface area (Å²) in [4.78, 5) is 24.8. The molecule has 1 heterocycles. The summed E-state index contributed by atoms with van der Waals surface area (Å²) in [7, 11) is -8.56. The minimum atomic E-state index is -4.27. The van der Waals surface area contributed by atoms with Gasteiger partial charge in [-0.2, -0.15) is 0 Å². The van der Waals surface area contributed by atoms with Gasteiger partial charge in [-0.05, 0) is 12.1 Å². The Morgan fingerprint density at radius 1 is 0.387 bits per heavy atom. The maximum atomic E-state index is 15.4. The molecule has 0 amide bonds. The first-order valence-corrected chi connectivity index (χ1v) is 21.7. The molecule has 0 saturated carbocycles. The third-order valence-electron chi connectivity index (χ3n) is 7.97. The molecule has 6 aromatic rings. The molecule has 0 spiro atoms. The smallest absolute Gasteiger partial charge is 0.400 e. The van der Waals surface area contributed by atoms with Gasteiger partial charge in [-0.3, -0.25) is 0 Å². The minimum Gasteiger partial charge on any atom is -0.400 e. The SMILES string of the molecule is CO.CO.CO.O=P(c1ccccc1)(c1ccccc1)c1cccc2c1S(=O)(=O)c1c-2cccc1P(=O)(c1ccccc1)c1ccccc1.O=[N+]([O-])[O-].O=[N+]([O-])[O-].O=[N+]([O-])[O-].[Pr+3]. The molecular weight excluding hydrogens is 1000 g/mol. The van der Waals surface area contributed by atoms with Crippen LogP contribution in [0.1, 0.15) is 0 Å². The number of benzene rings is 6. The molecule has 0 aromatic heterocycles. The largest absolute Gasteiger partial charge is 3.00 e. The Morgan fingerprint density at radius 3 is 0.774 bits per heavy atom. The number of rotatable bonds is 6. The van der Waals surface area contributed by atoms with Gasteiger partial charge in [-0.15, -0.1) is 0 Å². The van der Waals surface area contributed by atoms with E-state index < -0.39 is 39.4 Å². The average Bonchev–Trinajstić information content (AvgIpc) is 3.52. The number of sulfone groups is 1. The minimum absolute atomic E-state index is 0. The predicted octanol–water partition coefficient (Wildman–Crippen LogP) is 3.89. The molecule has 0 saturated heterocycles. The first-order valence-electron chi connectivity index (χ1n) is 16.8. The van der Waals surface area contributed by atoms with E-state index in [-0.39, 0.29) is 61.7 Å². The molecule has 0 aliphatic carbocycles. The number of aliphatic hydroxyl groups is 3. The zero-order valence-corrected chi connectivity index (χ0v) is 39.2. The summed E-state index contributed by atoms with van der Waals surface area (Å²) in [6, 6.07) is 46.5. The molecule has 7 rings (SSSR count). The summed E-state index contributed by atoms with van der Waals surface area (Å²) in [5, 5.41) is 67.9. The first-order chi connectivity index (χ1) is 29.1. The molecular formula is C39H38N3O16P2PrS. The van der Waals surface area contributed by atoms with E-state index in [0.29, 0.717) is 32.3 Å². The summed E-state index contributed by atoms with van der Waals surface area (Å²) < 4.78 is 60.6. The molecule has 1 aliphatic rings. The number of fused-ring (bicyclic) bond motifs is 3. The van der Waals surface area contributed by atoms with Crippen LogP contribution in [0.25, 0.3) is 11.1 Å². The molecule has 0 unspecified atom stereocenters. The maximum Gasteiger partial charge on any atom is 3.00 e. The third kappa shape index (κ3) is 13.8. The van der Waals surface area contributed by atoms with Crippen LogP contribution in [0.5, 0.6) is 0 Å². The fourth-order valence-corrected chi connectivity index (χ4v) is 14.8. The predicted molar refractivity (Wildman–Crippen MR) is 232 cm³/mol. The van der Waals surface area contributed by atoms with Crippen LogP contribution in [0.15, 0.2) is 168 Å². The Balaban J connectivity index is 0.00000170. The number of hydrogen-bond donors (Lipinski definition) is 3. The molecule has 0 bridgehead atoms. The fraction of sp³-hybridized carbons (Fsp3) is 0.0769. The second-order valence-electron chi connectivity index (χ2n) is 11.0. The molecule has 3 N–H and O–H groups in total. The van der Waals surface area contributed by atoms with E-state index in [1.807, 2.05) is 72.8 Å². The molecule has 19 nitrogen and oxygen atoms in total. The summed E-state index contributed by atoms with van der Waals surface area (Å²) in [6.45, 7) is 0. The van der Waals surface area contributed by atoms with E-state index in [1.165, 1.54) is 0 Å². The zero-order chi connectivity index (χ0) is 46.4. The number of aliphatic hydroxyl groups excluding tert-OH is 3. The topological polar surface area (TPSA) is 328 Å². The first kappa shape index (κ1) is 56.6. The van der Waals surface area contributed by atoms with Crippen LogP contribution in [0.2, 0.25) is 0 Å².